The van der Waals surface area contributed by atoms with E-state index in [4.69, 9.17) is 0 Å². The van der Waals surface area contributed by atoms with Crippen LogP contribution < -0.4 is 5.32 Å². The van der Waals surface area contributed by atoms with Crippen LogP contribution in [0.25, 0.3) is 0 Å². The number of nitrogens with one attached hydrogen (secondary N) is 1. The van der Waals surface area contributed by atoms with Gasteiger partial charge in [-0.2, -0.15) is 0 Å². The third kappa shape index (κ3) is 3.43. The molecule has 0 fully saturated rings. The molecule has 0 unspecified atom stereocenters. The van der Waals surface area contributed by atoms with Gasteiger partial charge in [0.1, 0.15) is 6.10 Å². The number of carbonyl (C=O) groups excluding carboxylic acids is 1. The zero-order valence-electron chi connectivity index (χ0n) is 11.0. The summed E-state index contributed by atoms with van der Waals surface area (Å²) in [6, 6.07) is 9.36. The zero-order chi connectivity index (χ0) is 13.8. The first-order valence-electron chi connectivity index (χ1n) is 6.15. The molecular formula is C15H17NO2S. The molecule has 0 aliphatic carbocycles. The largest absolute Gasteiger partial charge is 0.386 e. The van der Waals surface area contributed by atoms with Crippen molar-refractivity contribution in [3.05, 3.63) is 57.3 Å². The van der Waals surface area contributed by atoms with Gasteiger partial charge in [0.2, 0.25) is 0 Å². The summed E-state index contributed by atoms with van der Waals surface area (Å²) in [5.41, 5.74) is 2.72. The summed E-state index contributed by atoms with van der Waals surface area (Å²) >= 11 is 1.51. The molecule has 1 aromatic heterocycles. The summed E-state index contributed by atoms with van der Waals surface area (Å²) in [5.74, 6) is -0.156. The Labute approximate surface area is 116 Å². The standard InChI is InChI=1S/C15H17NO2S/c1-10-4-3-5-12(8-10)15(18)16-9-13(17)14-11(2)6-7-19-14/h3-8,13,17H,9H2,1-2H3,(H,16,18)/t13-/m1/s1. The molecule has 3 nitrogen and oxygen atoms in total. The number of hydrogen-bond acceptors (Lipinski definition) is 3. The number of benzene rings is 1. The van der Waals surface area contributed by atoms with Crippen molar-refractivity contribution in [1.82, 2.24) is 5.32 Å². The van der Waals surface area contributed by atoms with E-state index in [0.29, 0.717) is 5.56 Å². The molecule has 0 radical (unpaired) electrons. The fourth-order valence-electron chi connectivity index (χ4n) is 1.90. The van der Waals surface area contributed by atoms with Gasteiger partial charge in [0.05, 0.1) is 0 Å². The van der Waals surface area contributed by atoms with E-state index in [1.807, 2.05) is 43.5 Å². The third-order valence-corrected chi connectivity index (χ3v) is 4.06. The van der Waals surface area contributed by atoms with Crippen LogP contribution in [0.4, 0.5) is 0 Å². The second-order valence-corrected chi connectivity index (χ2v) is 5.51. The van der Waals surface area contributed by atoms with Gasteiger partial charge in [-0.05, 0) is 43.0 Å². The van der Waals surface area contributed by atoms with Gasteiger partial charge in [0.25, 0.3) is 5.91 Å². The minimum atomic E-state index is -0.645. The maximum absolute atomic E-state index is 11.9. The van der Waals surface area contributed by atoms with Crippen LogP contribution in [-0.4, -0.2) is 17.6 Å². The predicted molar refractivity (Wildman–Crippen MR) is 77.5 cm³/mol. The van der Waals surface area contributed by atoms with Crippen molar-refractivity contribution in [2.45, 2.75) is 20.0 Å². The Hall–Kier alpha value is -1.65. The first-order valence-corrected chi connectivity index (χ1v) is 7.03. The highest BCUT2D eigenvalue weighted by molar-refractivity contribution is 7.10. The number of aliphatic hydroxyl groups is 1. The van der Waals surface area contributed by atoms with E-state index in [1.165, 1.54) is 11.3 Å². The molecule has 0 saturated carbocycles. The molecule has 0 aliphatic heterocycles. The lowest BCUT2D eigenvalue weighted by atomic mass is 10.1. The number of aryl methyl sites for hydroxylation is 2. The summed E-state index contributed by atoms with van der Waals surface area (Å²) in [5, 5.41) is 14.7. The lowest BCUT2D eigenvalue weighted by Gasteiger charge is -2.11. The number of aliphatic hydroxyl groups excluding tert-OH is 1. The molecule has 0 spiro atoms. The first-order chi connectivity index (χ1) is 9.08. The lowest BCUT2D eigenvalue weighted by Crippen LogP contribution is -2.28. The Balaban J connectivity index is 1.96. The Morgan fingerprint density at radius 1 is 1.37 bits per heavy atom. The summed E-state index contributed by atoms with van der Waals surface area (Å²) < 4.78 is 0. The molecule has 1 heterocycles. The van der Waals surface area contributed by atoms with Gasteiger partial charge in [0, 0.05) is 17.0 Å². The molecule has 0 aliphatic rings. The summed E-state index contributed by atoms with van der Waals surface area (Å²) in [7, 11) is 0. The minimum absolute atomic E-state index is 0.156. The molecule has 1 atom stereocenters. The molecule has 1 amide bonds. The topological polar surface area (TPSA) is 49.3 Å². The maximum Gasteiger partial charge on any atom is 0.251 e. The molecule has 100 valence electrons. The quantitative estimate of drug-likeness (QED) is 0.901. The highest BCUT2D eigenvalue weighted by Crippen LogP contribution is 2.23. The average molecular weight is 275 g/mol. The lowest BCUT2D eigenvalue weighted by molar-refractivity contribution is 0.0917. The van der Waals surface area contributed by atoms with Crippen molar-refractivity contribution in [3.8, 4) is 0 Å². The fourth-order valence-corrected chi connectivity index (χ4v) is 2.81. The molecule has 2 rings (SSSR count). The van der Waals surface area contributed by atoms with Crippen LogP contribution in [0, 0.1) is 13.8 Å². The molecule has 0 bridgehead atoms. The smallest absolute Gasteiger partial charge is 0.251 e. The van der Waals surface area contributed by atoms with Gasteiger partial charge in [0.15, 0.2) is 0 Å². The van der Waals surface area contributed by atoms with Crippen molar-refractivity contribution >= 4 is 17.2 Å². The molecule has 19 heavy (non-hydrogen) atoms. The van der Waals surface area contributed by atoms with Crippen molar-refractivity contribution in [2.24, 2.45) is 0 Å². The first kappa shape index (κ1) is 13.8. The van der Waals surface area contributed by atoms with Gasteiger partial charge in [-0.25, -0.2) is 0 Å². The van der Waals surface area contributed by atoms with E-state index >= 15 is 0 Å². The average Bonchev–Trinajstić information content (AvgIpc) is 2.82. The van der Waals surface area contributed by atoms with Crippen LogP contribution in [0.2, 0.25) is 0 Å². The Morgan fingerprint density at radius 3 is 2.79 bits per heavy atom. The SMILES string of the molecule is Cc1cccc(C(=O)NC[C@@H](O)c2sccc2C)c1. The Kier molecular flexibility index (Phi) is 4.35. The maximum atomic E-state index is 11.9. The highest BCUT2D eigenvalue weighted by Gasteiger charge is 2.13. The minimum Gasteiger partial charge on any atom is -0.386 e. The summed E-state index contributed by atoms with van der Waals surface area (Å²) in [4.78, 5) is 12.8. The highest BCUT2D eigenvalue weighted by atomic mass is 32.1. The molecule has 4 heteroatoms. The second-order valence-electron chi connectivity index (χ2n) is 4.56. The Morgan fingerprint density at radius 2 is 2.16 bits per heavy atom. The second kappa shape index (κ2) is 5.99. The van der Waals surface area contributed by atoms with Crippen LogP contribution >= 0.6 is 11.3 Å². The van der Waals surface area contributed by atoms with Crippen LogP contribution in [0.5, 0.6) is 0 Å². The number of amides is 1. The van der Waals surface area contributed by atoms with E-state index in [2.05, 4.69) is 5.32 Å². The Bertz CT molecular complexity index is 577. The van der Waals surface area contributed by atoms with E-state index in [-0.39, 0.29) is 12.5 Å². The van der Waals surface area contributed by atoms with Gasteiger partial charge in [-0.15, -0.1) is 11.3 Å². The third-order valence-electron chi connectivity index (χ3n) is 2.94. The van der Waals surface area contributed by atoms with E-state index in [0.717, 1.165) is 16.0 Å². The summed E-state index contributed by atoms with van der Waals surface area (Å²) in [6.45, 7) is 4.13. The normalized spacial score (nSPS) is 12.2. The molecule has 2 aromatic rings. The molecule has 2 N–H and O–H groups in total. The molecule has 0 saturated heterocycles. The molecular weight excluding hydrogens is 258 g/mol. The zero-order valence-corrected chi connectivity index (χ0v) is 11.8. The van der Waals surface area contributed by atoms with Gasteiger partial charge < -0.3 is 10.4 Å². The van der Waals surface area contributed by atoms with Crippen molar-refractivity contribution in [1.29, 1.82) is 0 Å². The van der Waals surface area contributed by atoms with Crippen LogP contribution in [0.15, 0.2) is 35.7 Å². The summed E-state index contributed by atoms with van der Waals surface area (Å²) in [6.07, 6.45) is -0.645. The number of thiophene rings is 1. The number of rotatable bonds is 4. The van der Waals surface area contributed by atoms with Gasteiger partial charge in [-0.3, -0.25) is 4.79 Å². The van der Waals surface area contributed by atoms with E-state index < -0.39 is 6.10 Å². The number of carbonyl (C=O) groups is 1. The predicted octanol–water partition coefficient (Wildman–Crippen LogP) is 2.83. The van der Waals surface area contributed by atoms with Crippen LogP contribution in [0.1, 0.15) is 32.5 Å². The van der Waals surface area contributed by atoms with Crippen molar-refractivity contribution in [3.63, 3.8) is 0 Å². The van der Waals surface area contributed by atoms with Gasteiger partial charge >= 0.3 is 0 Å². The number of hydrogen-bond donors (Lipinski definition) is 2. The van der Waals surface area contributed by atoms with E-state index in [9.17, 15) is 9.90 Å². The monoisotopic (exact) mass is 275 g/mol. The van der Waals surface area contributed by atoms with Crippen LogP contribution in [-0.2, 0) is 0 Å². The van der Waals surface area contributed by atoms with Gasteiger partial charge in [-0.1, -0.05) is 17.7 Å². The van der Waals surface area contributed by atoms with Crippen molar-refractivity contribution in [2.75, 3.05) is 6.54 Å². The van der Waals surface area contributed by atoms with E-state index in [1.54, 1.807) is 6.07 Å². The van der Waals surface area contributed by atoms with Crippen molar-refractivity contribution < 1.29 is 9.90 Å². The molecule has 1 aromatic carbocycles. The fraction of sp³-hybridized carbons (Fsp3) is 0.267. The van der Waals surface area contributed by atoms with Crippen LogP contribution in [0.3, 0.4) is 0 Å².